The van der Waals surface area contributed by atoms with E-state index in [1.807, 2.05) is 0 Å². The minimum Gasteiger partial charge on any atom is -0.493 e. The highest BCUT2D eigenvalue weighted by Crippen LogP contribution is 2.38. The fraction of sp³-hybridized carbons (Fsp3) is 0.625. The molecular weight excluding hydrogens is 331 g/mol. The van der Waals surface area contributed by atoms with Crippen molar-refractivity contribution in [3.8, 4) is 11.5 Å². The fourth-order valence-corrected chi connectivity index (χ4v) is 2.80. The van der Waals surface area contributed by atoms with E-state index < -0.39 is 6.36 Å². The van der Waals surface area contributed by atoms with Crippen molar-refractivity contribution in [2.45, 2.75) is 38.0 Å². The molecule has 0 bridgehead atoms. The monoisotopic (exact) mass is 351 g/mol. The molecule has 1 N–H and O–H groups in total. The van der Waals surface area contributed by atoms with Gasteiger partial charge in [-0.25, -0.2) is 0 Å². The predicted octanol–water partition coefficient (Wildman–Crippen LogP) is 4.26. The van der Waals surface area contributed by atoms with Gasteiger partial charge >= 0.3 is 6.36 Å². The van der Waals surface area contributed by atoms with Gasteiger partial charge in [0.1, 0.15) is 11.5 Å². The van der Waals surface area contributed by atoms with Crippen LogP contribution in [0.25, 0.3) is 0 Å². The Kier molecular flexibility index (Phi) is 6.03. The molecule has 0 amide bonds. The molecule has 1 aliphatic heterocycles. The highest BCUT2D eigenvalue weighted by molar-refractivity contribution is 5.85. The summed E-state index contributed by atoms with van der Waals surface area (Å²) >= 11 is 0. The van der Waals surface area contributed by atoms with Crippen LogP contribution in [0.1, 0.15) is 37.2 Å². The van der Waals surface area contributed by atoms with Gasteiger partial charge in [-0.2, -0.15) is 0 Å². The summed E-state index contributed by atoms with van der Waals surface area (Å²) in [5, 5.41) is 3.29. The van der Waals surface area contributed by atoms with Crippen molar-refractivity contribution < 1.29 is 22.6 Å². The molecule has 1 saturated carbocycles. The second-order valence-electron chi connectivity index (χ2n) is 6.03. The summed E-state index contributed by atoms with van der Waals surface area (Å²) in [6.45, 7) is 2.43. The molecule has 23 heavy (non-hydrogen) atoms. The maximum Gasteiger partial charge on any atom is 0.573 e. The van der Waals surface area contributed by atoms with Crippen LogP contribution in [-0.4, -0.2) is 26.1 Å². The van der Waals surface area contributed by atoms with E-state index in [0.717, 1.165) is 44.3 Å². The summed E-state index contributed by atoms with van der Waals surface area (Å²) in [5.41, 5.74) is 0.997. The molecule has 1 saturated heterocycles. The predicted molar refractivity (Wildman–Crippen MR) is 83.4 cm³/mol. The zero-order valence-electron chi connectivity index (χ0n) is 12.7. The van der Waals surface area contributed by atoms with Crippen LogP contribution in [0.4, 0.5) is 13.2 Å². The summed E-state index contributed by atoms with van der Waals surface area (Å²) in [4.78, 5) is 0. The van der Waals surface area contributed by atoms with E-state index >= 15 is 0 Å². The summed E-state index contributed by atoms with van der Waals surface area (Å²) in [6, 6.07) is 4.49. The largest absolute Gasteiger partial charge is 0.573 e. The summed E-state index contributed by atoms with van der Waals surface area (Å²) in [5.74, 6) is 1.21. The third-order valence-electron chi connectivity index (χ3n) is 4.17. The smallest absolute Gasteiger partial charge is 0.493 e. The van der Waals surface area contributed by atoms with Crippen LogP contribution in [0.3, 0.4) is 0 Å². The Hall–Kier alpha value is -1.14. The number of piperidine rings is 1. The average molecular weight is 352 g/mol. The van der Waals surface area contributed by atoms with Gasteiger partial charge in [0.2, 0.25) is 0 Å². The Bertz CT molecular complexity index is 515. The SMILES string of the molecule is Cl.FC(F)(F)Oc1ccc(C2CCNCC2)c(OCC2CC2)c1. The fourth-order valence-electron chi connectivity index (χ4n) is 2.80. The van der Waals surface area contributed by atoms with Gasteiger partial charge in [0.05, 0.1) is 6.61 Å². The molecule has 1 heterocycles. The van der Waals surface area contributed by atoms with Crippen LogP contribution >= 0.6 is 12.4 Å². The molecule has 1 aromatic carbocycles. The third kappa shape index (κ3) is 5.46. The quantitative estimate of drug-likeness (QED) is 0.859. The van der Waals surface area contributed by atoms with Gasteiger partial charge < -0.3 is 14.8 Å². The lowest BCUT2D eigenvalue weighted by molar-refractivity contribution is -0.274. The molecule has 7 heteroatoms. The molecule has 1 aromatic rings. The average Bonchev–Trinajstić information content (AvgIpc) is 3.29. The minimum absolute atomic E-state index is 0. The van der Waals surface area contributed by atoms with Crippen molar-refractivity contribution in [3.05, 3.63) is 23.8 Å². The highest BCUT2D eigenvalue weighted by atomic mass is 35.5. The van der Waals surface area contributed by atoms with Gasteiger partial charge in [0.25, 0.3) is 0 Å². The molecule has 130 valence electrons. The summed E-state index contributed by atoms with van der Waals surface area (Å²) in [7, 11) is 0. The Balaban J connectivity index is 0.00000192. The lowest BCUT2D eigenvalue weighted by Crippen LogP contribution is -2.27. The number of benzene rings is 1. The first kappa shape index (κ1) is 18.2. The maximum atomic E-state index is 12.4. The van der Waals surface area contributed by atoms with E-state index in [1.54, 1.807) is 6.07 Å². The number of hydrogen-bond acceptors (Lipinski definition) is 3. The Labute approximate surface area is 139 Å². The third-order valence-corrected chi connectivity index (χ3v) is 4.17. The molecule has 3 rings (SSSR count). The van der Waals surface area contributed by atoms with E-state index in [-0.39, 0.29) is 18.2 Å². The van der Waals surface area contributed by atoms with Gasteiger partial charge in [-0.1, -0.05) is 6.07 Å². The van der Waals surface area contributed by atoms with E-state index in [0.29, 0.717) is 24.2 Å². The van der Waals surface area contributed by atoms with Gasteiger partial charge in [0, 0.05) is 6.07 Å². The molecular formula is C16H21ClF3NO2. The Morgan fingerprint density at radius 2 is 1.78 bits per heavy atom. The lowest BCUT2D eigenvalue weighted by Gasteiger charge is -2.25. The standard InChI is InChI=1S/C16H20F3NO2.ClH/c17-16(18,19)22-13-3-4-14(12-5-7-20-8-6-12)15(9-13)21-10-11-1-2-11;/h3-4,9,11-12,20H,1-2,5-8,10H2;1H. The number of halogens is 4. The molecule has 0 spiro atoms. The van der Waals surface area contributed by atoms with Crippen LogP contribution in [0, 0.1) is 5.92 Å². The molecule has 2 fully saturated rings. The van der Waals surface area contributed by atoms with Crippen LogP contribution < -0.4 is 14.8 Å². The van der Waals surface area contributed by atoms with Crippen molar-refractivity contribution in [3.63, 3.8) is 0 Å². The van der Waals surface area contributed by atoms with E-state index in [2.05, 4.69) is 10.1 Å². The topological polar surface area (TPSA) is 30.5 Å². The van der Waals surface area contributed by atoms with Gasteiger partial charge in [-0.05, 0) is 62.2 Å². The van der Waals surface area contributed by atoms with Crippen molar-refractivity contribution in [1.29, 1.82) is 0 Å². The molecule has 1 aliphatic carbocycles. The van der Waals surface area contributed by atoms with Crippen molar-refractivity contribution >= 4 is 12.4 Å². The second kappa shape index (κ2) is 7.62. The first-order chi connectivity index (χ1) is 10.5. The molecule has 2 aliphatic rings. The number of ether oxygens (including phenoxy) is 2. The van der Waals surface area contributed by atoms with Crippen LogP contribution in [-0.2, 0) is 0 Å². The maximum absolute atomic E-state index is 12.4. The molecule has 0 radical (unpaired) electrons. The van der Waals surface area contributed by atoms with Crippen LogP contribution in [0.5, 0.6) is 11.5 Å². The zero-order valence-corrected chi connectivity index (χ0v) is 13.5. The molecule has 0 aromatic heterocycles. The van der Waals surface area contributed by atoms with E-state index in [1.165, 1.54) is 12.1 Å². The number of rotatable bonds is 5. The first-order valence-corrected chi connectivity index (χ1v) is 7.74. The first-order valence-electron chi connectivity index (χ1n) is 7.74. The van der Waals surface area contributed by atoms with Crippen molar-refractivity contribution in [2.75, 3.05) is 19.7 Å². The lowest BCUT2D eigenvalue weighted by atomic mass is 9.89. The van der Waals surface area contributed by atoms with Gasteiger partial charge in [0.15, 0.2) is 0 Å². The zero-order chi connectivity index (χ0) is 15.6. The highest BCUT2D eigenvalue weighted by Gasteiger charge is 2.32. The number of hydrogen-bond donors (Lipinski definition) is 1. The van der Waals surface area contributed by atoms with Crippen molar-refractivity contribution in [2.24, 2.45) is 5.92 Å². The van der Waals surface area contributed by atoms with E-state index in [4.69, 9.17) is 4.74 Å². The minimum atomic E-state index is -4.68. The summed E-state index contributed by atoms with van der Waals surface area (Å²) < 4.78 is 47.0. The van der Waals surface area contributed by atoms with E-state index in [9.17, 15) is 13.2 Å². The molecule has 0 atom stereocenters. The van der Waals surface area contributed by atoms with Crippen LogP contribution in [0.2, 0.25) is 0 Å². The number of alkyl halides is 3. The Morgan fingerprint density at radius 1 is 1.09 bits per heavy atom. The second-order valence-corrected chi connectivity index (χ2v) is 6.03. The van der Waals surface area contributed by atoms with Crippen molar-refractivity contribution in [1.82, 2.24) is 5.32 Å². The van der Waals surface area contributed by atoms with Crippen LogP contribution in [0.15, 0.2) is 18.2 Å². The van der Waals surface area contributed by atoms with Gasteiger partial charge in [-0.3, -0.25) is 0 Å². The van der Waals surface area contributed by atoms with Gasteiger partial charge in [-0.15, -0.1) is 25.6 Å². The normalized spacial score (nSPS) is 19.1. The summed E-state index contributed by atoms with van der Waals surface area (Å²) in [6.07, 6.45) is -0.453. The Morgan fingerprint density at radius 3 is 2.39 bits per heavy atom. The molecule has 3 nitrogen and oxygen atoms in total. The molecule has 0 unspecified atom stereocenters. The number of nitrogens with one attached hydrogen (secondary N) is 1.